The van der Waals surface area contributed by atoms with Crippen LogP contribution in [0.25, 0.3) is 0 Å². The van der Waals surface area contributed by atoms with Gasteiger partial charge in [-0.15, -0.1) is 11.6 Å². The zero-order valence-corrected chi connectivity index (χ0v) is 11.4. The van der Waals surface area contributed by atoms with Crippen LogP contribution in [-0.2, 0) is 0 Å². The molecule has 0 saturated carbocycles. The van der Waals surface area contributed by atoms with Crippen molar-refractivity contribution >= 4 is 29.1 Å². The molecule has 5 heteroatoms. The fourth-order valence-electron chi connectivity index (χ4n) is 1.13. The van der Waals surface area contributed by atoms with E-state index in [2.05, 4.69) is 5.32 Å². The lowest BCUT2D eigenvalue weighted by Gasteiger charge is -2.29. The minimum atomic E-state index is -0.632. The third-order valence-corrected chi connectivity index (χ3v) is 3.38. The average molecular weight is 278 g/mol. The van der Waals surface area contributed by atoms with Gasteiger partial charge in [0.25, 0.3) is 5.91 Å². The summed E-state index contributed by atoms with van der Waals surface area (Å²) in [6, 6.07) is 3.85. The molecule has 0 bridgehead atoms. The molecule has 1 aromatic carbocycles. The molecule has 0 aliphatic rings. The third kappa shape index (κ3) is 3.58. The Morgan fingerprint density at radius 1 is 1.47 bits per heavy atom. The van der Waals surface area contributed by atoms with E-state index in [0.29, 0.717) is 5.02 Å². The number of carbonyl (C=O) groups excluding carboxylic acids is 1. The van der Waals surface area contributed by atoms with Gasteiger partial charge in [0.15, 0.2) is 0 Å². The quantitative estimate of drug-likeness (QED) is 0.841. The number of hydrogen-bond donors (Lipinski definition) is 1. The van der Waals surface area contributed by atoms with Crippen molar-refractivity contribution in [3.63, 3.8) is 0 Å². The number of hydrogen-bond acceptors (Lipinski definition) is 1. The van der Waals surface area contributed by atoms with Crippen LogP contribution in [0.1, 0.15) is 31.1 Å². The van der Waals surface area contributed by atoms with Gasteiger partial charge in [-0.25, -0.2) is 4.39 Å². The molecule has 0 aliphatic heterocycles. The molecule has 0 spiro atoms. The van der Waals surface area contributed by atoms with Gasteiger partial charge in [0.05, 0.1) is 16.5 Å². The third-order valence-electron chi connectivity index (χ3n) is 2.60. The smallest absolute Gasteiger partial charge is 0.254 e. The summed E-state index contributed by atoms with van der Waals surface area (Å²) in [5.41, 5.74) is -0.712. The molecular weight excluding hydrogens is 264 g/mol. The highest BCUT2D eigenvalue weighted by molar-refractivity contribution is 6.31. The van der Waals surface area contributed by atoms with Crippen LogP contribution in [-0.4, -0.2) is 16.8 Å². The van der Waals surface area contributed by atoms with Crippen molar-refractivity contribution in [2.24, 2.45) is 0 Å². The number of halogens is 3. The maximum absolute atomic E-state index is 13.4. The van der Waals surface area contributed by atoms with E-state index in [1.165, 1.54) is 12.1 Å². The second kappa shape index (κ2) is 5.23. The first-order valence-electron chi connectivity index (χ1n) is 5.15. The van der Waals surface area contributed by atoms with E-state index in [0.717, 1.165) is 6.07 Å². The molecule has 1 aromatic rings. The topological polar surface area (TPSA) is 29.1 Å². The molecule has 0 heterocycles. The summed E-state index contributed by atoms with van der Waals surface area (Å²) in [6.45, 7) is 5.30. The van der Waals surface area contributed by atoms with Crippen molar-refractivity contribution in [3.05, 3.63) is 34.6 Å². The number of carbonyl (C=O) groups is 1. The number of alkyl halides is 1. The maximum atomic E-state index is 13.4. The van der Waals surface area contributed by atoms with Crippen molar-refractivity contribution < 1.29 is 9.18 Å². The second-order valence-corrected chi connectivity index (χ2v) is 5.51. The highest BCUT2D eigenvalue weighted by Gasteiger charge is 2.27. The highest BCUT2D eigenvalue weighted by atomic mass is 35.5. The molecule has 1 unspecified atom stereocenters. The van der Waals surface area contributed by atoms with Gasteiger partial charge in [-0.2, -0.15) is 0 Å². The number of rotatable bonds is 3. The van der Waals surface area contributed by atoms with E-state index in [4.69, 9.17) is 23.2 Å². The van der Waals surface area contributed by atoms with Crippen LogP contribution in [0.2, 0.25) is 5.02 Å². The molecule has 0 fully saturated rings. The van der Waals surface area contributed by atoms with Crippen molar-refractivity contribution in [1.82, 2.24) is 5.32 Å². The summed E-state index contributed by atoms with van der Waals surface area (Å²) in [7, 11) is 0. The van der Waals surface area contributed by atoms with Gasteiger partial charge in [-0.05, 0) is 39.0 Å². The molecule has 1 amide bonds. The Morgan fingerprint density at radius 2 is 2.06 bits per heavy atom. The average Bonchev–Trinajstić information content (AvgIpc) is 2.20. The summed E-state index contributed by atoms with van der Waals surface area (Å²) in [5.74, 6) is -1.13. The molecule has 1 N–H and O–H groups in total. The molecule has 2 nitrogen and oxygen atoms in total. The summed E-state index contributed by atoms with van der Waals surface area (Å²) in [6.07, 6.45) is 0. The van der Waals surface area contributed by atoms with E-state index < -0.39 is 17.3 Å². The van der Waals surface area contributed by atoms with Crippen LogP contribution in [0, 0.1) is 5.82 Å². The van der Waals surface area contributed by atoms with Gasteiger partial charge in [0, 0.05) is 5.02 Å². The van der Waals surface area contributed by atoms with Gasteiger partial charge < -0.3 is 5.32 Å². The fraction of sp³-hybridized carbons (Fsp3) is 0.417. The first kappa shape index (κ1) is 14.3. The number of nitrogens with one attached hydrogen (secondary N) is 1. The zero-order valence-electron chi connectivity index (χ0n) is 9.85. The van der Waals surface area contributed by atoms with Crippen molar-refractivity contribution in [2.75, 3.05) is 0 Å². The Balaban J connectivity index is 2.94. The molecular formula is C12H14Cl2FNO. The lowest BCUT2D eigenvalue weighted by molar-refractivity contribution is 0.0908. The van der Waals surface area contributed by atoms with Gasteiger partial charge in [0.1, 0.15) is 5.82 Å². The molecule has 0 radical (unpaired) electrons. The molecule has 0 aliphatic carbocycles. The van der Waals surface area contributed by atoms with Gasteiger partial charge in [-0.1, -0.05) is 11.6 Å². The van der Waals surface area contributed by atoms with E-state index >= 15 is 0 Å². The Labute approximate surface area is 110 Å². The largest absolute Gasteiger partial charge is 0.346 e. The summed E-state index contributed by atoms with van der Waals surface area (Å²) in [5, 5.41) is 2.70. The summed E-state index contributed by atoms with van der Waals surface area (Å²) in [4.78, 5) is 11.9. The van der Waals surface area contributed by atoms with Crippen LogP contribution < -0.4 is 5.32 Å². The van der Waals surface area contributed by atoms with Crippen LogP contribution >= 0.6 is 23.2 Å². The molecule has 1 atom stereocenters. The van der Waals surface area contributed by atoms with Gasteiger partial charge >= 0.3 is 0 Å². The number of amides is 1. The number of benzene rings is 1. The maximum Gasteiger partial charge on any atom is 0.254 e. The van der Waals surface area contributed by atoms with E-state index in [-0.39, 0.29) is 10.9 Å². The van der Waals surface area contributed by atoms with Gasteiger partial charge in [-0.3, -0.25) is 4.79 Å². The SMILES string of the molecule is CC(Cl)C(C)(C)NC(=O)c1cc(Cl)ccc1F. The summed E-state index contributed by atoms with van der Waals surface area (Å²) >= 11 is 11.7. The predicted octanol–water partition coefficient (Wildman–Crippen LogP) is 3.61. The second-order valence-electron chi connectivity index (χ2n) is 4.42. The van der Waals surface area contributed by atoms with E-state index in [1.807, 2.05) is 0 Å². The molecule has 0 aromatic heterocycles. The Kier molecular flexibility index (Phi) is 4.39. The molecule has 94 valence electrons. The Bertz CT molecular complexity index is 433. The normalized spacial score (nSPS) is 13.3. The molecule has 1 rings (SSSR count). The van der Waals surface area contributed by atoms with Crippen LogP contribution in [0.3, 0.4) is 0 Å². The predicted molar refractivity (Wildman–Crippen MR) is 68.3 cm³/mol. The van der Waals surface area contributed by atoms with Crippen molar-refractivity contribution in [3.8, 4) is 0 Å². The standard InChI is InChI=1S/C12H14Cl2FNO/c1-7(13)12(2,3)16-11(17)9-6-8(14)4-5-10(9)15/h4-7H,1-3H3,(H,16,17). The van der Waals surface area contributed by atoms with Crippen LogP contribution in [0.15, 0.2) is 18.2 Å². The van der Waals surface area contributed by atoms with Crippen molar-refractivity contribution in [1.29, 1.82) is 0 Å². The van der Waals surface area contributed by atoms with E-state index in [1.54, 1.807) is 20.8 Å². The summed E-state index contributed by atoms with van der Waals surface area (Å²) < 4.78 is 13.4. The first-order valence-corrected chi connectivity index (χ1v) is 5.97. The van der Waals surface area contributed by atoms with Crippen LogP contribution in [0.5, 0.6) is 0 Å². The fourth-order valence-corrected chi connectivity index (χ4v) is 1.36. The Hall–Kier alpha value is -0.800. The van der Waals surface area contributed by atoms with Gasteiger partial charge in [0.2, 0.25) is 0 Å². The van der Waals surface area contributed by atoms with Crippen molar-refractivity contribution in [2.45, 2.75) is 31.7 Å². The molecule has 0 saturated heterocycles. The lowest BCUT2D eigenvalue weighted by atomic mass is 10.0. The minimum absolute atomic E-state index is 0.0807. The highest BCUT2D eigenvalue weighted by Crippen LogP contribution is 2.18. The minimum Gasteiger partial charge on any atom is -0.346 e. The first-order chi connectivity index (χ1) is 7.74. The molecule has 17 heavy (non-hydrogen) atoms. The zero-order chi connectivity index (χ0) is 13.2. The van der Waals surface area contributed by atoms with Crippen LogP contribution in [0.4, 0.5) is 4.39 Å². The lowest BCUT2D eigenvalue weighted by Crippen LogP contribution is -2.49. The van der Waals surface area contributed by atoms with E-state index in [9.17, 15) is 9.18 Å². The Morgan fingerprint density at radius 3 is 2.59 bits per heavy atom. The monoisotopic (exact) mass is 277 g/mol.